The van der Waals surface area contributed by atoms with Gasteiger partial charge in [-0.3, -0.25) is 14.6 Å². The van der Waals surface area contributed by atoms with Gasteiger partial charge in [-0.25, -0.2) is 9.78 Å². The van der Waals surface area contributed by atoms with Gasteiger partial charge in [-0.05, 0) is 31.6 Å². The summed E-state index contributed by atoms with van der Waals surface area (Å²) in [6.45, 7) is 2.18. The number of hydrogen-bond donors (Lipinski definition) is 3. The number of nitrogens with zero attached hydrogens (tertiary/aromatic N) is 2. The second-order valence-electron chi connectivity index (χ2n) is 6.21. The minimum absolute atomic E-state index is 0.0105. The highest BCUT2D eigenvalue weighted by atomic mass is 16.4. The predicted octanol–water partition coefficient (Wildman–Crippen LogP) is 0.746. The molecular formula is C16H22N4O4. The van der Waals surface area contributed by atoms with Crippen LogP contribution in [0.5, 0.6) is 0 Å². The molecule has 8 heteroatoms. The lowest BCUT2D eigenvalue weighted by molar-refractivity contribution is -0.149. The lowest BCUT2D eigenvalue weighted by atomic mass is 9.77. The molecule has 1 fully saturated rings. The molecule has 1 aromatic heterocycles. The maximum Gasteiger partial charge on any atom is 0.329 e. The standard InChI is InChI=1S/C16H22N4O4/c1-11-2-5-16(6-3-11,15(23)24)20-13(21)4-7-19-14(22)12-10-17-8-9-18-12/h8-11H,2-7H2,1H3,(H,19,22)(H,20,21)(H,23,24). The van der Waals surface area contributed by atoms with Gasteiger partial charge in [0.2, 0.25) is 5.91 Å². The van der Waals surface area contributed by atoms with Gasteiger partial charge < -0.3 is 15.7 Å². The first kappa shape index (κ1) is 17.8. The average Bonchev–Trinajstić information content (AvgIpc) is 2.57. The topological polar surface area (TPSA) is 121 Å². The predicted molar refractivity (Wildman–Crippen MR) is 85.1 cm³/mol. The first-order chi connectivity index (χ1) is 11.4. The van der Waals surface area contributed by atoms with Gasteiger partial charge in [0.25, 0.3) is 5.91 Å². The first-order valence-electron chi connectivity index (χ1n) is 8.01. The van der Waals surface area contributed by atoms with Crippen molar-refractivity contribution in [3.8, 4) is 0 Å². The molecule has 0 radical (unpaired) electrons. The summed E-state index contributed by atoms with van der Waals surface area (Å²) in [6, 6.07) is 0. The quantitative estimate of drug-likeness (QED) is 0.706. The minimum Gasteiger partial charge on any atom is -0.480 e. The number of amides is 2. The number of nitrogens with one attached hydrogen (secondary N) is 2. The normalized spacial score (nSPS) is 23.3. The fourth-order valence-corrected chi connectivity index (χ4v) is 2.77. The van der Waals surface area contributed by atoms with Crippen LogP contribution in [0.25, 0.3) is 0 Å². The van der Waals surface area contributed by atoms with Gasteiger partial charge in [-0.1, -0.05) is 6.92 Å². The molecule has 0 atom stereocenters. The van der Waals surface area contributed by atoms with E-state index in [4.69, 9.17) is 0 Å². The molecule has 8 nitrogen and oxygen atoms in total. The number of aromatic nitrogens is 2. The maximum absolute atomic E-state index is 12.1. The molecule has 0 aromatic carbocycles. The molecule has 0 saturated heterocycles. The van der Waals surface area contributed by atoms with Gasteiger partial charge in [-0.2, -0.15) is 0 Å². The molecule has 130 valence electrons. The number of aliphatic carboxylic acids is 1. The Hall–Kier alpha value is -2.51. The molecule has 0 bridgehead atoms. The molecule has 1 aliphatic rings. The average molecular weight is 334 g/mol. The van der Waals surface area contributed by atoms with E-state index in [1.54, 1.807) is 0 Å². The molecule has 24 heavy (non-hydrogen) atoms. The number of hydrogen-bond acceptors (Lipinski definition) is 5. The third kappa shape index (κ3) is 4.50. The summed E-state index contributed by atoms with van der Waals surface area (Å²) in [6.07, 6.45) is 6.62. The molecule has 1 saturated carbocycles. The summed E-state index contributed by atoms with van der Waals surface area (Å²) < 4.78 is 0. The van der Waals surface area contributed by atoms with Crippen LogP contribution in [0.15, 0.2) is 18.6 Å². The largest absolute Gasteiger partial charge is 0.480 e. The Morgan fingerprint density at radius 3 is 2.58 bits per heavy atom. The van der Waals surface area contributed by atoms with Crippen molar-refractivity contribution in [2.45, 2.75) is 44.6 Å². The number of carboxylic acids is 1. The van der Waals surface area contributed by atoms with Crippen LogP contribution >= 0.6 is 0 Å². The van der Waals surface area contributed by atoms with E-state index in [-0.39, 0.29) is 24.6 Å². The fraction of sp³-hybridized carbons (Fsp3) is 0.562. The van der Waals surface area contributed by atoms with Gasteiger partial charge >= 0.3 is 5.97 Å². The number of carboxylic acid groups (broad SMARTS) is 1. The summed E-state index contributed by atoms with van der Waals surface area (Å²) in [5.74, 6) is -1.33. The van der Waals surface area contributed by atoms with Crippen molar-refractivity contribution >= 4 is 17.8 Å². The van der Waals surface area contributed by atoms with Gasteiger partial charge in [0.1, 0.15) is 11.2 Å². The summed E-state index contributed by atoms with van der Waals surface area (Å²) in [4.78, 5) is 43.1. The summed E-state index contributed by atoms with van der Waals surface area (Å²) >= 11 is 0. The Kier molecular flexibility index (Phi) is 5.83. The van der Waals surface area contributed by atoms with Crippen molar-refractivity contribution in [3.63, 3.8) is 0 Å². The maximum atomic E-state index is 12.1. The molecule has 0 aliphatic heterocycles. The molecule has 3 N–H and O–H groups in total. The van der Waals surface area contributed by atoms with Gasteiger partial charge in [0, 0.05) is 25.4 Å². The van der Waals surface area contributed by atoms with Gasteiger partial charge in [0.15, 0.2) is 0 Å². The zero-order chi connectivity index (χ0) is 17.6. The van der Waals surface area contributed by atoms with Crippen LogP contribution in [-0.2, 0) is 9.59 Å². The monoisotopic (exact) mass is 334 g/mol. The van der Waals surface area contributed by atoms with Crippen LogP contribution in [0.1, 0.15) is 49.5 Å². The van der Waals surface area contributed by atoms with Crippen molar-refractivity contribution in [2.75, 3.05) is 6.54 Å². The second-order valence-corrected chi connectivity index (χ2v) is 6.21. The number of rotatable bonds is 6. The third-order valence-corrected chi connectivity index (χ3v) is 4.35. The molecule has 0 unspecified atom stereocenters. The molecule has 2 amide bonds. The van der Waals surface area contributed by atoms with Crippen LogP contribution in [0.4, 0.5) is 0 Å². The molecule has 0 spiro atoms. The van der Waals surface area contributed by atoms with E-state index in [0.717, 1.165) is 12.8 Å². The van der Waals surface area contributed by atoms with Gasteiger partial charge in [0.05, 0.1) is 6.20 Å². The van der Waals surface area contributed by atoms with Crippen molar-refractivity contribution in [3.05, 3.63) is 24.3 Å². The summed E-state index contributed by atoms with van der Waals surface area (Å²) in [7, 11) is 0. The Morgan fingerprint density at radius 1 is 1.29 bits per heavy atom. The molecule has 1 aliphatic carbocycles. The van der Waals surface area contributed by atoms with E-state index >= 15 is 0 Å². The lowest BCUT2D eigenvalue weighted by Crippen LogP contribution is -2.56. The van der Waals surface area contributed by atoms with Gasteiger partial charge in [-0.15, -0.1) is 0 Å². The smallest absolute Gasteiger partial charge is 0.329 e. The van der Waals surface area contributed by atoms with E-state index in [1.165, 1.54) is 18.6 Å². The van der Waals surface area contributed by atoms with Crippen LogP contribution < -0.4 is 10.6 Å². The molecule has 1 heterocycles. The van der Waals surface area contributed by atoms with E-state index in [9.17, 15) is 19.5 Å². The minimum atomic E-state index is -1.18. The van der Waals surface area contributed by atoms with Crippen LogP contribution in [0.2, 0.25) is 0 Å². The molecule has 1 aromatic rings. The number of carbonyl (C=O) groups is 3. The number of carbonyl (C=O) groups excluding carboxylic acids is 2. The SMILES string of the molecule is CC1CCC(NC(=O)CCNC(=O)c2cnccn2)(C(=O)O)CC1. The third-order valence-electron chi connectivity index (χ3n) is 4.35. The van der Waals surface area contributed by atoms with E-state index in [2.05, 4.69) is 27.5 Å². The van der Waals surface area contributed by atoms with Crippen molar-refractivity contribution in [1.82, 2.24) is 20.6 Å². The molecule has 2 rings (SSSR count). The van der Waals surface area contributed by atoms with Crippen molar-refractivity contribution < 1.29 is 19.5 Å². The summed E-state index contributed by atoms with van der Waals surface area (Å²) in [5.41, 5.74) is -1.01. The zero-order valence-electron chi connectivity index (χ0n) is 13.6. The molecular weight excluding hydrogens is 312 g/mol. The first-order valence-corrected chi connectivity index (χ1v) is 8.01. The highest BCUT2D eigenvalue weighted by Crippen LogP contribution is 2.32. The van der Waals surface area contributed by atoms with Crippen molar-refractivity contribution in [1.29, 1.82) is 0 Å². The zero-order valence-corrected chi connectivity index (χ0v) is 13.6. The second kappa shape index (κ2) is 7.85. The van der Waals surface area contributed by atoms with Crippen molar-refractivity contribution in [2.24, 2.45) is 5.92 Å². The highest BCUT2D eigenvalue weighted by molar-refractivity contribution is 5.92. The lowest BCUT2D eigenvalue weighted by Gasteiger charge is -2.36. The van der Waals surface area contributed by atoms with Crippen LogP contribution in [-0.4, -0.2) is 44.9 Å². The summed E-state index contributed by atoms with van der Waals surface area (Å²) in [5, 5.41) is 14.7. The van der Waals surface area contributed by atoms with E-state index < -0.39 is 17.4 Å². The Balaban J connectivity index is 1.82. The Labute approximate surface area is 140 Å². The van der Waals surface area contributed by atoms with Crippen LogP contribution in [0.3, 0.4) is 0 Å². The Bertz CT molecular complexity index is 597. The van der Waals surface area contributed by atoms with E-state index in [1.807, 2.05) is 0 Å². The van der Waals surface area contributed by atoms with Crippen LogP contribution in [0, 0.1) is 5.92 Å². The Morgan fingerprint density at radius 2 is 2.00 bits per heavy atom. The van der Waals surface area contributed by atoms with E-state index in [0.29, 0.717) is 18.8 Å². The highest BCUT2D eigenvalue weighted by Gasteiger charge is 2.42. The fourth-order valence-electron chi connectivity index (χ4n) is 2.77.